The maximum Gasteiger partial charge on any atom is 0.253 e. The van der Waals surface area contributed by atoms with Crippen LogP contribution in [0.25, 0.3) is 16.8 Å². The molecule has 5 nitrogen and oxygen atoms in total. The lowest BCUT2D eigenvalue weighted by atomic mass is 10.3. The van der Waals surface area contributed by atoms with Crippen molar-refractivity contribution in [2.24, 2.45) is 0 Å². The smallest absolute Gasteiger partial charge is 0.253 e. The number of hydrogen-bond acceptors (Lipinski definition) is 3. The van der Waals surface area contributed by atoms with Gasteiger partial charge in [-0.3, -0.25) is 5.10 Å². The molecule has 0 saturated carbocycles. The lowest BCUT2D eigenvalue weighted by Crippen LogP contribution is -1.93. The molecule has 0 aliphatic carbocycles. The fraction of sp³-hybridized carbons (Fsp3) is 0. The van der Waals surface area contributed by atoms with Gasteiger partial charge < -0.3 is 5.32 Å². The molecule has 0 fully saturated rings. The summed E-state index contributed by atoms with van der Waals surface area (Å²) in [6, 6.07) is 15.4. The predicted octanol–water partition coefficient (Wildman–Crippen LogP) is 3.61. The summed E-state index contributed by atoms with van der Waals surface area (Å²) in [7, 11) is 0. The van der Waals surface area contributed by atoms with E-state index >= 15 is 0 Å². The molecule has 0 radical (unpaired) electrons. The Bertz CT molecular complexity index is 908. The van der Waals surface area contributed by atoms with Crippen molar-refractivity contribution in [1.29, 1.82) is 0 Å². The van der Waals surface area contributed by atoms with Crippen molar-refractivity contribution in [2.75, 3.05) is 5.32 Å². The second-order valence-corrected chi connectivity index (χ2v) is 4.88. The second kappa shape index (κ2) is 4.25. The van der Waals surface area contributed by atoms with Crippen LogP contribution in [0.4, 0.5) is 11.6 Å². The van der Waals surface area contributed by atoms with Gasteiger partial charge in [-0.1, -0.05) is 29.8 Å². The summed E-state index contributed by atoms with van der Waals surface area (Å²) < 4.78 is 1.85. The number of imidazole rings is 1. The molecule has 4 rings (SSSR count). The Hall–Kier alpha value is -2.53. The third-order valence-electron chi connectivity index (χ3n) is 3.06. The number of nitrogens with one attached hydrogen (secondary N) is 2. The van der Waals surface area contributed by atoms with Crippen molar-refractivity contribution in [3.8, 4) is 0 Å². The average molecular weight is 284 g/mol. The first-order valence-electron chi connectivity index (χ1n) is 6.15. The summed E-state index contributed by atoms with van der Waals surface area (Å²) in [5, 5.41) is 7.03. The summed E-state index contributed by atoms with van der Waals surface area (Å²) in [4.78, 5) is 8.87. The summed E-state index contributed by atoms with van der Waals surface area (Å²) in [6.07, 6.45) is 0. The van der Waals surface area contributed by atoms with Gasteiger partial charge >= 0.3 is 0 Å². The van der Waals surface area contributed by atoms with Crippen LogP contribution in [0.1, 0.15) is 0 Å². The number of para-hydroxylation sites is 2. The number of aromatic amines is 1. The number of H-pyrrole nitrogens is 1. The minimum absolute atomic E-state index is 0.625. The van der Waals surface area contributed by atoms with Gasteiger partial charge in [0.05, 0.1) is 11.0 Å². The second-order valence-electron chi connectivity index (χ2n) is 4.44. The van der Waals surface area contributed by atoms with E-state index < -0.39 is 0 Å². The van der Waals surface area contributed by atoms with Gasteiger partial charge in [-0.2, -0.15) is 4.98 Å². The minimum atomic E-state index is 0.625. The van der Waals surface area contributed by atoms with Crippen LogP contribution in [0.2, 0.25) is 5.02 Å². The first-order valence-corrected chi connectivity index (χ1v) is 6.53. The van der Waals surface area contributed by atoms with Crippen molar-refractivity contribution in [2.45, 2.75) is 0 Å². The van der Waals surface area contributed by atoms with E-state index in [-0.39, 0.29) is 0 Å². The Labute approximate surface area is 119 Å². The maximum absolute atomic E-state index is 5.96. The number of nitrogens with zero attached hydrogens (tertiary/aromatic N) is 3. The highest BCUT2D eigenvalue weighted by atomic mass is 35.5. The van der Waals surface area contributed by atoms with Crippen LogP contribution in [0, 0.1) is 0 Å². The van der Waals surface area contributed by atoms with E-state index in [0.29, 0.717) is 16.7 Å². The molecule has 4 aromatic rings. The largest absolute Gasteiger partial charge is 0.324 e. The Balaban J connectivity index is 1.77. The number of fused-ring (bicyclic) bond motifs is 3. The summed E-state index contributed by atoms with van der Waals surface area (Å²) in [5.41, 5.74) is 2.79. The molecule has 2 N–H and O–H groups in total. The van der Waals surface area contributed by atoms with Gasteiger partial charge in [0.2, 0.25) is 5.95 Å². The summed E-state index contributed by atoms with van der Waals surface area (Å²) in [5.74, 6) is 1.26. The van der Waals surface area contributed by atoms with Gasteiger partial charge in [-0.15, -0.1) is 0 Å². The van der Waals surface area contributed by atoms with Crippen LogP contribution >= 0.6 is 11.6 Å². The fourth-order valence-electron chi connectivity index (χ4n) is 2.19. The lowest BCUT2D eigenvalue weighted by Gasteiger charge is -2.02. The maximum atomic E-state index is 5.96. The molecular weight excluding hydrogens is 274 g/mol. The van der Waals surface area contributed by atoms with Gasteiger partial charge in [-0.05, 0) is 30.3 Å². The highest BCUT2D eigenvalue weighted by molar-refractivity contribution is 6.30. The zero-order valence-corrected chi connectivity index (χ0v) is 11.1. The number of anilines is 2. The molecule has 0 aliphatic rings. The third-order valence-corrected chi connectivity index (χ3v) is 3.30. The number of halogens is 1. The van der Waals surface area contributed by atoms with Crippen molar-refractivity contribution >= 4 is 40.0 Å². The molecule has 2 aromatic heterocycles. The van der Waals surface area contributed by atoms with E-state index in [1.54, 1.807) is 0 Å². The lowest BCUT2D eigenvalue weighted by molar-refractivity contribution is 1.01. The predicted molar refractivity (Wildman–Crippen MR) is 79.6 cm³/mol. The van der Waals surface area contributed by atoms with Gasteiger partial charge in [0.1, 0.15) is 0 Å². The van der Waals surface area contributed by atoms with Crippen molar-refractivity contribution in [1.82, 2.24) is 19.6 Å². The molecule has 2 aromatic carbocycles. The highest BCUT2D eigenvalue weighted by Gasteiger charge is 2.08. The zero-order valence-electron chi connectivity index (χ0n) is 10.3. The molecular formula is C14H10ClN5. The Kier molecular flexibility index (Phi) is 2.40. The molecule has 0 atom stereocenters. The van der Waals surface area contributed by atoms with E-state index in [9.17, 15) is 0 Å². The number of benzene rings is 2. The highest BCUT2D eigenvalue weighted by Crippen LogP contribution is 2.20. The van der Waals surface area contributed by atoms with Crippen LogP contribution in [0.3, 0.4) is 0 Å². The minimum Gasteiger partial charge on any atom is -0.324 e. The molecule has 6 heteroatoms. The Morgan fingerprint density at radius 2 is 1.95 bits per heavy atom. The Morgan fingerprint density at radius 3 is 2.85 bits per heavy atom. The molecule has 2 heterocycles. The van der Waals surface area contributed by atoms with Gasteiger partial charge in [-0.25, -0.2) is 9.50 Å². The molecule has 0 unspecified atom stereocenters. The van der Waals surface area contributed by atoms with Gasteiger partial charge in [0.15, 0.2) is 0 Å². The van der Waals surface area contributed by atoms with E-state index in [0.717, 1.165) is 16.7 Å². The number of rotatable bonds is 2. The van der Waals surface area contributed by atoms with Gasteiger partial charge in [0.25, 0.3) is 5.78 Å². The van der Waals surface area contributed by atoms with Crippen LogP contribution in [-0.2, 0) is 0 Å². The molecule has 0 amide bonds. The van der Waals surface area contributed by atoms with Crippen molar-refractivity contribution in [3.63, 3.8) is 0 Å². The van der Waals surface area contributed by atoms with E-state index in [4.69, 9.17) is 11.6 Å². The van der Waals surface area contributed by atoms with E-state index in [1.807, 2.05) is 53.0 Å². The quantitative estimate of drug-likeness (QED) is 0.591. The molecule has 98 valence electrons. The first kappa shape index (κ1) is 11.3. The third kappa shape index (κ3) is 1.80. The molecule has 0 aliphatic heterocycles. The number of hydrogen-bond donors (Lipinski definition) is 2. The molecule has 20 heavy (non-hydrogen) atoms. The Morgan fingerprint density at radius 1 is 1.05 bits per heavy atom. The van der Waals surface area contributed by atoms with E-state index in [2.05, 4.69) is 20.4 Å². The number of aromatic nitrogens is 4. The summed E-state index contributed by atoms with van der Waals surface area (Å²) >= 11 is 5.96. The van der Waals surface area contributed by atoms with Crippen molar-refractivity contribution in [3.05, 3.63) is 53.6 Å². The molecule has 0 spiro atoms. The normalized spacial score (nSPS) is 11.2. The van der Waals surface area contributed by atoms with Crippen LogP contribution in [0.5, 0.6) is 0 Å². The molecule has 0 saturated heterocycles. The SMILES string of the molecule is Clc1cccc(Nc2nc3nc4ccccc4n3[nH]2)c1. The van der Waals surface area contributed by atoms with E-state index in [1.165, 1.54) is 0 Å². The van der Waals surface area contributed by atoms with Crippen LogP contribution < -0.4 is 5.32 Å². The summed E-state index contributed by atoms with van der Waals surface area (Å²) in [6.45, 7) is 0. The van der Waals surface area contributed by atoms with Crippen LogP contribution in [0.15, 0.2) is 48.5 Å². The monoisotopic (exact) mass is 283 g/mol. The van der Waals surface area contributed by atoms with Gasteiger partial charge in [0, 0.05) is 10.7 Å². The average Bonchev–Trinajstić information content (AvgIpc) is 2.95. The fourth-order valence-corrected chi connectivity index (χ4v) is 2.38. The zero-order chi connectivity index (χ0) is 13.5. The standard InChI is InChI=1S/C14H10ClN5/c15-9-4-3-5-10(8-9)16-13-18-14-17-11-6-1-2-7-12(11)20(14)19-13/h1-8H,(H2,16,17,18,19). The topological polar surface area (TPSA) is 58.0 Å². The first-order chi connectivity index (χ1) is 9.79. The van der Waals surface area contributed by atoms with Crippen molar-refractivity contribution < 1.29 is 0 Å². The van der Waals surface area contributed by atoms with Crippen LogP contribution in [-0.4, -0.2) is 19.6 Å². The molecule has 0 bridgehead atoms.